The van der Waals surface area contributed by atoms with Crippen LogP contribution in [-0.4, -0.2) is 30.0 Å². The summed E-state index contributed by atoms with van der Waals surface area (Å²) < 4.78 is 0. The third kappa shape index (κ3) is 2.94. The summed E-state index contributed by atoms with van der Waals surface area (Å²) >= 11 is 11.4. The minimum Gasteiger partial charge on any atom is -0.130 e. The van der Waals surface area contributed by atoms with E-state index in [9.17, 15) is 0 Å². The molecule has 0 spiro atoms. The van der Waals surface area contributed by atoms with Gasteiger partial charge in [0.25, 0.3) is 0 Å². The van der Waals surface area contributed by atoms with Crippen molar-refractivity contribution >= 4 is 52.6 Å². The largest absolute Gasteiger partial charge is 0.130 e. The van der Waals surface area contributed by atoms with Crippen molar-refractivity contribution in [3.8, 4) is 0 Å². The van der Waals surface area contributed by atoms with Crippen LogP contribution in [0.25, 0.3) is 0 Å². The van der Waals surface area contributed by atoms with E-state index in [1.54, 1.807) is 0 Å². The molecule has 0 amide bonds. The van der Waals surface area contributed by atoms with Crippen LogP contribution in [0.1, 0.15) is 0 Å². The van der Waals surface area contributed by atoms with Gasteiger partial charge in [0.2, 0.25) is 0 Å². The minimum atomic E-state index is 0.710. The SMILES string of the molecule is ClC[Si]c1ccccc1[Si]CCl. The van der Waals surface area contributed by atoms with Gasteiger partial charge in [-0.05, 0) is 0 Å². The van der Waals surface area contributed by atoms with E-state index in [0.29, 0.717) is 30.0 Å². The maximum Gasteiger partial charge on any atom is 0.0986 e. The van der Waals surface area contributed by atoms with E-state index < -0.39 is 0 Å². The average molecular weight is 231 g/mol. The van der Waals surface area contributed by atoms with E-state index in [4.69, 9.17) is 23.2 Å². The molecule has 0 bridgehead atoms. The fraction of sp³-hybridized carbons (Fsp3) is 0.250. The topological polar surface area (TPSA) is 0 Å². The van der Waals surface area contributed by atoms with E-state index in [1.165, 1.54) is 10.4 Å². The van der Waals surface area contributed by atoms with Gasteiger partial charge in [0.15, 0.2) is 0 Å². The minimum absolute atomic E-state index is 0.710. The van der Waals surface area contributed by atoms with Gasteiger partial charge in [0, 0.05) is 11.0 Å². The van der Waals surface area contributed by atoms with Gasteiger partial charge in [0.05, 0.1) is 19.0 Å². The van der Waals surface area contributed by atoms with Crippen molar-refractivity contribution in [2.75, 3.05) is 11.0 Å². The van der Waals surface area contributed by atoms with Crippen molar-refractivity contribution in [3.05, 3.63) is 24.3 Å². The molecular weight excluding hydrogens is 223 g/mol. The number of alkyl halides is 2. The molecule has 0 unspecified atom stereocenters. The smallest absolute Gasteiger partial charge is 0.0986 e. The molecule has 1 aromatic carbocycles. The maximum absolute atomic E-state index is 5.69. The van der Waals surface area contributed by atoms with Crippen LogP contribution in [0.4, 0.5) is 0 Å². The van der Waals surface area contributed by atoms with E-state index >= 15 is 0 Å². The van der Waals surface area contributed by atoms with Crippen LogP contribution < -0.4 is 10.4 Å². The van der Waals surface area contributed by atoms with Gasteiger partial charge in [0.1, 0.15) is 0 Å². The van der Waals surface area contributed by atoms with Gasteiger partial charge < -0.3 is 0 Å². The van der Waals surface area contributed by atoms with Crippen molar-refractivity contribution in [1.82, 2.24) is 0 Å². The molecule has 1 rings (SSSR count). The fourth-order valence-corrected chi connectivity index (χ4v) is 3.59. The third-order valence-electron chi connectivity index (χ3n) is 1.44. The third-order valence-corrected chi connectivity index (χ3v) is 4.39. The molecule has 0 atom stereocenters. The van der Waals surface area contributed by atoms with Gasteiger partial charge >= 0.3 is 0 Å². The molecule has 62 valence electrons. The number of hydrogen-bond donors (Lipinski definition) is 0. The molecule has 4 radical (unpaired) electrons. The molecule has 0 heterocycles. The highest BCUT2D eigenvalue weighted by Gasteiger charge is 2.00. The van der Waals surface area contributed by atoms with Crippen LogP contribution in [0, 0.1) is 0 Å². The summed E-state index contributed by atoms with van der Waals surface area (Å²) in [6.07, 6.45) is 0. The predicted octanol–water partition coefficient (Wildman–Crippen LogP) is 0.738. The lowest BCUT2D eigenvalue weighted by Gasteiger charge is -2.03. The first-order valence-corrected chi connectivity index (χ1v) is 7.05. The predicted molar refractivity (Wildman–Crippen MR) is 58.7 cm³/mol. The lowest BCUT2D eigenvalue weighted by atomic mass is 10.4. The molecule has 0 aliphatic heterocycles. The monoisotopic (exact) mass is 230 g/mol. The first kappa shape index (κ1) is 10.3. The molecule has 0 fully saturated rings. The molecule has 4 heteroatoms. The summed E-state index contributed by atoms with van der Waals surface area (Å²) in [5.41, 5.74) is 1.42. The Morgan fingerprint density at radius 1 is 0.917 bits per heavy atom. The van der Waals surface area contributed by atoms with E-state index in [0.717, 1.165) is 0 Å². The summed E-state index contributed by atoms with van der Waals surface area (Å²) in [5.74, 6) is 0. The summed E-state index contributed by atoms with van der Waals surface area (Å²) in [6, 6.07) is 8.37. The van der Waals surface area contributed by atoms with Crippen molar-refractivity contribution in [3.63, 3.8) is 0 Å². The number of rotatable bonds is 4. The van der Waals surface area contributed by atoms with Crippen LogP contribution in [0.3, 0.4) is 0 Å². The Kier molecular flexibility index (Phi) is 4.99. The highest BCUT2D eigenvalue weighted by atomic mass is 35.5. The number of benzene rings is 1. The standard InChI is InChI=1S/C8H8Cl2Si2/c9-5-11-7-3-1-2-4-8(7)12-6-10/h1-4H,5-6H2. The molecule has 12 heavy (non-hydrogen) atoms. The summed E-state index contributed by atoms with van der Waals surface area (Å²) in [6.45, 7) is 0. The van der Waals surface area contributed by atoms with E-state index in [-0.39, 0.29) is 0 Å². The van der Waals surface area contributed by atoms with Crippen molar-refractivity contribution in [1.29, 1.82) is 0 Å². The van der Waals surface area contributed by atoms with Gasteiger partial charge in [-0.15, -0.1) is 23.2 Å². The fourth-order valence-electron chi connectivity index (χ4n) is 0.935. The lowest BCUT2D eigenvalue weighted by Crippen LogP contribution is -2.37. The second kappa shape index (κ2) is 5.81. The van der Waals surface area contributed by atoms with E-state index in [1.807, 2.05) is 0 Å². The number of hydrogen-bond acceptors (Lipinski definition) is 0. The summed E-state index contributed by atoms with van der Waals surface area (Å²) in [4.78, 5) is 0. The van der Waals surface area contributed by atoms with Crippen LogP contribution in [-0.2, 0) is 0 Å². The highest BCUT2D eigenvalue weighted by molar-refractivity contribution is 6.72. The second-order valence-electron chi connectivity index (χ2n) is 2.17. The van der Waals surface area contributed by atoms with Gasteiger partial charge in [-0.25, -0.2) is 0 Å². The average Bonchev–Trinajstić information content (AvgIpc) is 2.09. The maximum atomic E-state index is 5.69. The van der Waals surface area contributed by atoms with E-state index in [2.05, 4.69) is 24.3 Å². The first-order valence-electron chi connectivity index (χ1n) is 3.57. The Hall–Kier alpha value is 0.234. The van der Waals surface area contributed by atoms with Gasteiger partial charge in [-0.3, -0.25) is 0 Å². The van der Waals surface area contributed by atoms with Crippen molar-refractivity contribution in [2.45, 2.75) is 0 Å². The molecule has 0 N–H and O–H groups in total. The highest BCUT2D eigenvalue weighted by Crippen LogP contribution is 1.82. The number of halogens is 2. The first-order chi connectivity index (χ1) is 5.88. The normalized spacial score (nSPS) is 10.2. The Balaban J connectivity index is 2.77. The van der Waals surface area contributed by atoms with Gasteiger partial charge in [-0.2, -0.15) is 0 Å². The molecule has 0 aliphatic carbocycles. The molecule has 0 saturated heterocycles. The zero-order chi connectivity index (χ0) is 8.81. The molecular formula is C8H8Cl2Si2. The molecule has 0 saturated carbocycles. The Labute approximate surface area is 87.9 Å². The van der Waals surface area contributed by atoms with Gasteiger partial charge in [-0.1, -0.05) is 34.6 Å². The van der Waals surface area contributed by atoms with Crippen LogP contribution in [0.15, 0.2) is 24.3 Å². The quantitative estimate of drug-likeness (QED) is 0.529. The van der Waals surface area contributed by atoms with Crippen LogP contribution >= 0.6 is 23.2 Å². The molecule has 0 nitrogen and oxygen atoms in total. The zero-order valence-electron chi connectivity index (χ0n) is 6.48. The summed E-state index contributed by atoms with van der Waals surface area (Å²) in [7, 11) is 1.42. The molecule has 0 aliphatic rings. The summed E-state index contributed by atoms with van der Waals surface area (Å²) in [5, 5.41) is 2.73. The second-order valence-corrected chi connectivity index (χ2v) is 6.09. The lowest BCUT2D eigenvalue weighted by molar-refractivity contribution is 1.80. The van der Waals surface area contributed by atoms with Crippen LogP contribution in [0.5, 0.6) is 0 Å². The van der Waals surface area contributed by atoms with Crippen molar-refractivity contribution in [2.24, 2.45) is 0 Å². The zero-order valence-corrected chi connectivity index (χ0v) is 9.99. The molecule has 1 aromatic rings. The Bertz CT molecular complexity index is 215. The van der Waals surface area contributed by atoms with Crippen LogP contribution in [0.2, 0.25) is 0 Å². The Morgan fingerprint density at radius 3 is 1.67 bits per heavy atom. The Morgan fingerprint density at radius 2 is 1.33 bits per heavy atom. The molecule has 0 aromatic heterocycles. The van der Waals surface area contributed by atoms with Crippen molar-refractivity contribution < 1.29 is 0 Å².